The van der Waals surface area contributed by atoms with Gasteiger partial charge in [-0.3, -0.25) is 19.4 Å². The van der Waals surface area contributed by atoms with Gasteiger partial charge in [0.25, 0.3) is 5.91 Å². The SMILES string of the molecule is C=CCN1C[C@H](C)N(C(c2ccc(C(=O)N3CCCN(CCCC(=O)OCC)CC3)cc2)c2cccc(O)c2)C[C@H]1C. The van der Waals surface area contributed by atoms with Gasteiger partial charge in [0, 0.05) is 63.3 Å². The van der Waals surface area contributed by atoms with Crippen molar-refractivity contribution in [3.63, 3.8) is 0 Å². The predicted molar refractivity (Wildman–Crippen MR) is 167 cm³/mol. The molecule has 2 fully saturated rings. The molecule has 2 aromatic carbocycles. The Bertz CT molecular complexity index is 1190. The summed E-state index contributed by atoms with van der Waals surface area (Å²) < 4.78 is 5.04. The van der Waals surface area contributed by atoms with E-state index in [9.17, 15) is 14.7 Å². The summed E-state index contributed by atoms with van der Waals surface area (Å²) in [6.07, 6.45) is 4.09. The topological polar surface area (TPSA) is 76.6 Å². The van der Waals surface area contributed by atoms with E-state index in [-0.39, 0.29) is 23.7 Å². The first-order valence-corrected chi connectivity index (χ1v) is 15.5. The molecule has 228 valence electrons. The van der Waals surface area contributed by atoms with E-state index >= 15 is 0 Å². The second-order valence-electron chi connectivity index (χ2n) is 11.7. The smallest absolute Gasteiger partial charge is 0.305 e. The van der Waals surface area contributed by atoms with Crippen LogP contribution in [0.25, 0.3) is 0 Å². The van der Waals surface area contributed by atoms with Crippen molar-refractivity contribution < 1.29 is 19.4 Å². The maximum absolute atomic E-state index is 13.5. The molecular formula is C34H48N4O4. The van der Waals surface area contributed by atoms with Gasteiger partial charge in [-0.25, -0.2) is 0 Å². The Morgan fingerprint density at radius 3 is 2.52 bits per heavy atom. The Labute approximate surface area is 251 Å². The number of phenolic OH excluding ortho intramolecular Hbond substituents is 1. The van der Waals surface area contributed by atoms with Crippen molar-refractivity contribution in [2.75, 3.05) is 59.0 Å². The number of ether oxygens (including phenoxy) is 1. The van der Waals surface area contributed by atoms with Crippen molar-refractivity contribution in [2.45, 2.75) is 58.2 Å². The summed E-state index contributed by atoms with van der Waals surface area (Å²) in [5.74, 6) is 0.174. The summed E-state index contributed by atoms with van der Waals surface area (Å²) in [5, 5.41) is 10.3. The van der Waals surface area contributed by atoms with Crippen LogP contribution in [0.1, 0.15) is 67.6 Å². The maximum Gasteiger partial charge on any atom is 0.305 e. The predicted octanol–water partition coefficient (Wildman–Crippen LogP) is 4.55. The highest BCUT2D eigenvalue weighted by Crippen LogP contribution is 2.34. The standard InChI is InChI=1S/C34H48N4O4/c1-5-17-37-24-27(4)38(25-26(37)3)33(30-10-7-11-31(39)23-30)28-13-15-29(16-14-28)34(41)36-20-9-19-35(21-22-36)18-8-12-32(40)42-6-2/h5,7,10-11,13-16,23,26-27,33,39H,1,6,8-9,12,17-22,24-25H2,2-4H3/t26-,27+,33?/m1/s1. The fourth-order valence-corrected chi connectivity index (χ4v) is 6.34. The minimum Gasteiger partial charge on any atom is -0.508 e. The van der Waals surface area contributed by atoms with Crippen molar-refractivity contribution in [1.29, 1.82) is 0 Å². The van der Waals surface area contributed by atoms with E-state index in [0.29, 0.717) is 37.2 Å². The largest absolute Gasteiger partial charge is 0.508 e. The third-order valence-corrected chi connectivity index (χ3v) is 8.55. The van der Waals surface area contributed by atoms with Gasteiger partial charge in [0.1, 0.15) is 5.75 Å². The summed E-state index contributed by atoms with van der Waals surface area (Å²) in [6, 6.07) is 16.2. The molecule has 2 aliphatic rings. The first-order chi connectivity index (χ1) is 20.3. The monoisotopic (exact) mass is 576 g/mol. The van der Waals surface area contributed by atoms with Crippen LogP contribution in [-0.2, 0) is 9.53 Å². The van der Waals surface area contributed by atoms with Crippen LogP contribution in [0.4, 0.5) is 0 Å². The van der Waals surface area contributed by atoms with Crippen molar-refractivity contribution in [3.05, 3.63) is 77.9 Å². The normalized spacial score (nSPS) is 21.5. The molecule has 4 rings (SSSR count). The summed E-state index contributed by atoms with van der Waals surface area (Å²) in [5.41, 5.74) is 2.85. The number of aromatic hydroxyl groups is 1. The molecule has 2 saturated heterocycles. The number of amides is 1. The van der Waals surface area contributed by atoms with Crippen LogP contribution in [0.3, 0.4) is 0 Å². The van der Waals surface area contributed by atoms with Crippen LogP contribution in [0.15, 0.2) is 61.2 Å². The summed E-state index contributed by atoms with van der Waals surface area (Å²) in [6.45, 7) is 17.4. The van der Waals surface area contributed by atoms with E-state index in [0.717, 1.165) is 69.8 Å². The van der Waals surface area contributed by atoms with E-state index in [1.807, 2.05) is 42.2 Å². The highest BCUT2D eigenvalue weighted by Gasteiger charge is 2.34. The molecule has 0 aliphatic carbocycles. The van der Waals surface area contributed by atoms with Gasteiger partial charge >= 0.3 is 5.97 Å². The van der Waals surface area contributed by atoms with E-state index in [1.54, 1.807) is 6.07 Å². The Hall–Kier alpha value is -3.20. The number of nitrogens with zero attached hydrogens (tertiary/aromatic N) is 4. The summed E-state index contributed by atoms with van der Waals surface area (Å²) in [4.78, 5) is 34.4. The van der Waals surface area contributed by atoms with Crippen molar-refractivity contribution in [3.8, 4) is 5.75 Å². The van der Waals surface area contributed by atoms with Gasteiger partial charge in [0.05, 0.1) is 12.6 Å². The van der Waals surface area contributed by atoms with E-state index in [4.69, 9.17) is 4.74 Å². The molecule has 1 unspecified atom stereocenters. The van der Waals surface area contributed by atoms with Crippen LogP contribution in [-0.4, -0.2) is 108 Å². The third kappa shape index (κ3) is 8.21. The van der Waals surface area contributed by atoms with Gasteiger partial charge in [-0.05, 0) is 82.1 Å². The molecule has 1 N–H and O–H groups in total. The fourth-order valence-electron chi connectivity index (χ4n) is 6.34. The summed E-state index contributed by atoms with van der Waals surface area (Å²) >= 11 is 0. The molecule has 0 aromatic heterocycles. The van der Waals surface area contributed by atoms with Gasteiger partial charge in [-0.2, -0.15) is 0 Å². The first kappa shape index (κ1) is 31.7. The molecule has 8 nitrogen and oxygen atoms in total. The molecule has 8 heteroatoms. The summed E-state index contributed by atoms with van der Waals surface area (Å²) in [7, 11) is 0. The number of esters is 1. The van der Waals surface area contributed by atoms with Gasteiger partial charge in [-0.1, -0.05) is 30.3 Å². The Morgan fingerprint density at radius 1 is 1.02 bits per heavy atom. The Balaban J connectivity index is 1.45. The molecule has 2 aromatic rings. The molecule has 0 spiro atoms. The van der Waals surface area contributed by atoms with Crippen LogP contribution < -0.4 is 0 Å². The van der Waals surface area contributed by atoms with Gasteiger partial charge in [0.2, 0.25) is 0 Å². The van der Waals surface area contributed by atoms with Crippen LogP contribution >= 0.6 is 0 Å². The number of phenols is 1. The van der Waals surface area contributed by atoms with Crippen molar-refractivity contribution in [1.82, 2.24) is 19.6 Å². The number of rotatable bonds is 11. The minimum absolute atomic E-state index is 0.0362. The highest BCUT2D eigenvalue weighted by molar-refractivity contribution is 5.94. The zero-order chi connectivity index (χ0) is 30.1. The lowest BCUT2D eigenvalue weighted by Gasteiger charge is -2.47. The van der Waals surface area contributed by atoms with Crippen LogP contribution in [0, 0.1) is 0 Å². The van der Waals surface area contributed by atoms with E-state index in [1.165, 1.54) is 0 Å². The number of hydrogen-bond donors (Lipinski definition) is 1. The van der Waals surface area contributed by atoms with Gasteiger partial charge in [-0.15, -0.1) is 6.58 Å². The van der Waals surface area contributed by atoms with Crippen molar-refractivity contribution in [2.24, 2.45) is 0 Å². The number of carbonyl (C=O) groups is 2. The van der Waals surface area contributed by atoms with E-state index in [2.05, 4.69) is 53.3 Å². The van der Waals surface area contributed by atoms with E-state index < -0.39 is 0 Å². The Kier molecular flexibility index (Phi) is 11.6. The lowest BCUT2D eigenvalue weighted by molar-refractivity contribution is -0.143. The van der Waals surface area contributed by atoms with Gasteiger partial charge < -0.3 is 19.6 Å². The lowest BCUT2D eigenvalue weighted by Crippen LogP contribution is -2.57. The second kappa shape index (κ2) is 15.3. The first-order valence-electron chi connectivity index (χ1n) is 15.5. The number of hydrogen-bond acceptors (Lipinski definition) is 7. The molecule has 0 radical (unpaired) electrons. The molecule has 1 amide bonds. The number of benzene rings is 2. The van der Waals surface area contributed by atoms with Gasteiger partial charge in [0.15, 0.2) is 0 Å². The molecule has 2 heterocycles. The van der Waals surface area contributed by atoms with Crippen molar-refractivity contribution >= 4 is 11.9 Å². The van der Waals surface area contributed by atoms with Crippen LogP contribution in [0.2, 0.25) is 0 Å². The average Bonchev–Trinajstić information content (AvgIpc) is 3.22. The second-order valence-corrected chi connectivity index (χ2v) is 11.7. The molecule has 42 heavy (non-hydrogen) atoms. The maximum atomic E-state index is 13.5. The molecule has 0 bridgehead atoms. The zero-order valence-corrected chi connectivity index (χ0v) is 25.6. The number of piperazine rings is 1. The molecule has 2 aliphatic heterocycles. The molecule has 3 atom stereocenters. The number of carbonyl (C=O) groups excluding carboxylic acids is 2. The highest BCUT2D eigenvalue weighted by atomic mass is 16.5. The fraction of sp³-hybridized carbons (Fsp3) is 0.529. The zero-order valence-electron chi connectivity index (χ0n) is 25.6. The average molecular weight is 577 g/mol. The quantitative estimate of drug-likeness (QED) is 0.311. The lowest BCUT2D eigenvalue weighted by atomic mass is 9.92. The Morgan fingerprint density at radius 2 is 1.81 bits per heavy atom. The molecule has 0 saturated carbocycles. The third-order valence-electron chi connectivity index (χ3n) is 8.55. The van der Waals surface area contributed by atoms with Crippen LogP contribution in [0.5, 0.6) is 5.75 Å². The minimum atomic E-state index is -0.141. The molecular weight excluding hydrogens is 528 g/mol.